The zero-order chi connectivity index (χ0) is 16.0. The lowest BCUT2D eigenvalue weighted by atomic mass is 10.3. The van der Waals surface area contributed by atoms with E-state index in [0.717, 1.165) is 11.3 Å². The summed E-state index contributed by atoms with van der Waals surface area (Å²) in [5, 5.41) is 16.0. The number of carbonyl (C=O) groups excluding carboxylic acids is 1. The van der Waals surface area contributed by atoms with E-state index < -0.39 is 28.2 Å². The molecule has 0 spiro atoms. The smallest absolute Gasteiger partial charge is 0.413 e. The average Bonchev–Trinajstić information content (AvgIpc) is 2.80. The van der Waals surface area contributed by atoms with Gasteiger partial charge in [-0.1, -0.05) is 40.0 Å². The molecule has 2 N–H and O–H groups in total. The molecule has 0 aliphatic carbocycles. The monoisotopic (exact) mass is 375 g/mol. The van der Waals surface area contributed by atoms with E-state index in [1.165, 1.54) is 12.5 Å². The number of anilines is 1. The van der Waals surface area contributed by atoms with Gasteiger partial charge in [0.25, 0.3) is 0 Å². The molecule has 0 radical (unpaired) electrons. The molecular weight excluding hydrogens is 369 g/mol. The molecule has 8 nitrogen and oxygen atoms in total. The summed E-state index contributed by atoms with van der Waals surface area (Å²) < 4.78 is 2.90. The van der Waals surface area contributed by atoms with Crippen molar-refractivity contribution in [3.63, 3.8) is 0 Å². The molecule has 0 aromatic carbocycles. The van der Waals surface area contributed by atoms with Crippen LogP contribution in [0.3, 0.4) is 0 Å². The number of oxime groups is 1. The Morgan fingerprint density at radius 1 is 1.52 bits per heavy atom. The number of halogens is 3. The Morgan fingerprint density at radius 2 is 2.19 bits per heavy atom. The fraction of sp³-hybridized carbons (Fsp3) is 0.333. The number of carboxylic acid groups (broad SMARTS) is 1. The van der Waals surface area contributed by atoms with Gasteiger partial charge >= 0.3 is 12.1 Å². The van der Waals surface area contributed by atoms with Crippen LogP contribution in [-0.2, 0) is 14.4 Å². The summed E-state index contributed by atoms with van der Waals surface area (Å²) in [7, 11) is 1.20. The van der Waals surface area contributed by atoms with Gasteiger partial charge in [0.2, 0.25) is 9.50 Å². The second kappa shape index (κ2) is 7.64. The summed E-state index contributed by atoms with van der Waals surface area (Å²) in [5.74, 6) is -1.33. The van der Waals surface area contributed by atoms with Crippen LogP contribution in [0, 0.1) is 0 Å². The first-order chi connectivity index (χ1) is 9.73. The molecule has 0 bridgehead atoms. The predicted octanol–water partition coefficient (Wildman–Crippen LogP) is 2.50. The first-order valence-corrected chi connectivity index (χ1v) is 7.05. The molecule has 0 atom stereocenters. The van der Waals surface area contributed by atoms with Crippen LogP contribution in [0.2, 0.25) is 0 Å². The van der Waals surface area contributed by atoms with Crippen molar-refractivity contribution in [3.8, 4) is 0 Å². The predicted molar refractivity (Wildman–Crippen MR) is 78.6 cm³/mol. The first kappa shape index (κ1) is 17.8. The third kappa shape index (κ3) is 6.34. The Kier molecular flexibility index (Phi) is 6.46. The average molecular weight is 377 g/mol. The Labute approximate surface area is 137 Å². The highest BCUT2D eigenvalue weighted by Gasteiger charge is 2.23. The van der Waals surface area contributed by atoms with Gasteiger partial charge < -0.3 is 14.7 Å². The molecule has 0 aliphatic heterocycles. The minimum absolute atomic E-state index is 0.0195. The molecule has 21 heavy (non-hydrogen) atoms. The Bertz CT molecular complexity index is 557. The fourth-order valence-corrected chi connectivity index (χ4v) is 1.84. The minimum atomic E-state index is -1.73. The number of carbonyl (C=O) groups is 2. The minimum Gasteiger partial charge on any atom is -0.476 e. The highest BCUT2D eigenvalue weighted by molar-refractivity contribution is 7.14. The van der Waals surface area contributed by atoms with Gasteiger partial charge in [-0.3, -0.25) is 5.32 Å². The lowest BCUT2D eigenvalue weighted by Crippen LogP contribution is -2.21. The van der Waals surface area contributed by atoms with Gasteiger partial charge in [-0.15, -0.1) is 11.3 Å². The van der Waals surface area contributed by atoms with Crippen LogP contribution >= 0.6 is 46.1 Å². The summed E-state index contributed by atoms with van der Waals surface area (Å²) in [6, 6.07) is 0. The van der Waals surface area contributed by atoms with Crippen molar-refractivity contribution < 1.29 is 24.3 Å². The molecule has 1 aromatic heterocycles. The van der Waals surface area contributed by atoms with Crippen molar-refractivity contribution >= 4 is 69.0 Å². The summed E-state index contributed by atoms with van der Waals surface area (Å²) in [5.41, 5.74) is -0.387. The van der Waals surface area contributed by atoms with E-state index in [4.69, 9.17) is 39.9 Å². The number of nitrogens with zero attached hydrogens (tertiary/aromatic N) is 2. The van der Waals surface area contributed by atoms with Gasteiger partial charge in [-0.25, -0.2) is 14.6 Å². The van der Waals surface area contributed by atoms with Crippen molar-refractivity contribution in [2.45, 2.75) is 3.79 Å². The van der Waals surface area contributed by atoms with Gasteiger partial charge in [0.05, 0.1) is 0 Å². The van der Waals surface area contributed by atoms with Crippen molar-refractivity contribution in [2.75, 3.05) is 19.0 Å². The second-order valence-corrected chi connectivity index (χ2v) is 6.66. The van der Waals surface area contributed by atoms with Crippen LogP contribution in [0.1, 0.15) is 5.69 Å². The number of thiazole rings is 1. The van der Waals surface area contributed by atoms with E-state index in [-0.39, 0.29) is 10.8 Å². The highest BCUT2D eigenvalue weighted by Crippen LogP contribution is 2.26. The number of rotatable bonds is 5. The lowest BCUT2D eigenvalue weighted by Gasteiger charge is -2.10. The van der Waals surface area contributed by atoms with Crippen LogP contribution in [-0.4, -0.2) is 45.4 Å². The molecule has 12 heteroatoms. The lowest BCUT2D eigenvalue weighted by molar-refractivity contribution is -0.129. The zero-order valence-corrected chi connectivity index (χ0v) is 13.4. The van der Waals surface area contributed by atoms with E-state index in [9.17, 15) is 9.59 Å². The maximum atomic E-state index is 11.4. The maximum absolute atomic E-state index is 11.4. The number of nitrogens with one attached hydrogen (secondary N) is 1. The molecular formula is C9H8Cl3N3O5S. The summed E-state index contributed by atoms with van der Waals surface area (Å²) in [4.78, 5) is 30.6. The van der Waals surface area contributed by atoms with E-state index in [1.54, 1.807) is 0 Å². The van der Waals surface area contributed by atoms with Crippen LogP contribution in [0.15, 0.2) is 10.5 Å². The van der Waals surface area contributed by atoms with Crippen molar-refractivity contribution in [1.82, 2.24) is 4.98 Å². The van der Waals surface area contributed by atoms with Gasteiger partial charge in [0.15, 0.2) is 5.13 Å². The largest absolute Gasteiger partial charge is 0.476 e. The van der Waals surface area contributed by atoms with E-state index in [2.05, 4.69) is 25.0 Å². The van der Waals surface area contributed by atoms with E-state index in [0.29, 0.717) is 0 Å². The Morgan fingerprint density at radius 3 is 2.71 bits per heavy atom. The molecule has 1 heterocycles. The standard InChI is InChI=1S/C9H8Cl3N3O5S/c1-19-15-5(6(16)17)4-2-21-7(13-4)14-8(18)20-3-9(10,11)12/h2H,3H2,1H3,(H,16,17)(H,13,14,18)/b15-5+. The summed E-state index contributed by atoms with van der Waals surface area (Å²) in [6.45, 7) is -0.451. The van der Waals surface area contributed by atoms with E-state index in [1.807, 2.05) is 0 Å². The first-order valence-electron chi connectivity index (χ1n) is 5.04. The quantitative estimate of drug-likeness (QED) is 0.464. The third-order valence-corrected chi connectivity index (χ3v) is 2.79. The molecule has 0 aliphatic rings. The molecule has 0 fully saturated rings. The zero-order valence-electron chi connectivity index (χ0n) is 10.3. The number of aliphatic carboxylic acids is 1. The number of hydrogen-bond donors (Lipinski definition) is 2. The normalized spacial score (nSPS) is 11.9. The SMILES string of the molecule is CO/N=C(/C(=O)O)c1csc(NC(=O)OCC(Cl)(Cl)Cl)n1. The van der Waals surface area contributed by atoms with Gasteiger partial charge in [0.1, 0.15) is 19.4 Å². The summed E-state index contributed by atoms with van der Waals surface area (Å²) >= 11 is 17.2. The van der Waals surface area contributed by atoms with Crippen molar-refractivity contribution in [1.29, 1.82) is 0 Å². The molecule has 0 saturated carbocycles. The van der Waals surface area contributed by atoms with Gasteiger partial charge in [-0.2, -0.15) is 0 Å². The number of aromatic nitrogens is 1. The number of alkyl halides is 3. The number of amides is 1. The molecule has 1 aromatic rings. The van der Waals surface area contributed by atoms with Crippen LogP contribution in [0.5, 0.6) is 0 Å². The molecule has 0 saturated heterocycles. The maximum Gasteiger partial charge on any atom is 0.413 e. The Hall–Kier alpha value is -1.29. The van der Waals surface area contributed by atoms with Crippen molar-refractivity contribution in [2.24, 2.45) is 5.16 Å². The van der Waals surface area contributed by atoms with Crippen molar-refractivity contribution in [3.05, 3.63) is 11.1 Å². The van der Waals surface area contributed by atoms with E-state index >= 15 is 0 Å². The highest BCUT2D eigenvalue weighted by atomic mass is 35.6. The number of hydrogen-bond acceptors (Lipinski definition) is 7. The van der Waals surface area contributed by atoms with Crippen LogP contribution in [0.4, 0.5) is 9.93 Å². The molecule has 116 valence electrons. The van der Waals surface area contributed by atoms with Gasteiger partial charge in [0, 0.05) is 5.38 Å². The number of ether oxygens (including phenoxy) is 1. The summed E-state index contributed by atoms with van der Waals surface area (Å²) in [6.07, 6.45) is -0.900. The third-order valence-electron chi connectivity index (χ3n) is 1.71. The van der Waals surface area contributed by atoms with Crippen LogP contribution < -0.4 is 5.32 Å². The van der Waals surface area contributed by atoms with Gasteiger partial charge in [-0.05, 0) is 0 Å². The molecule has 1 amide bonds. The number of carboxylic acids is 1. The molecule has 0 unspecified atom stereocenters. The second-order valence-electron chi connectivity index (χ2n) is 3.28. The fourth-order valence-electron chi connectivity index (χ4n) is 0.997. The Balaban J connectivity index is 2.69. The molecule has 1 rings (SSSR count). The van der Waals surface area contributed by atoms with Crippen LogP contribution in [0.25, 0.3) is 0 Å². The topological polar surface area (TPSA) is 110 Å².